The second-order valence-corrected chi connectivity index (χ2v) is 3.22. The molecule has 1 aliphatic rings. The van der Waals surface area contributed by atoms with Gasteiger partial charge in [0.15, 0.2) is 5.78 Å². The molecular weight excluding hydrogens is 178 g/mol. The highest BCUT2D eigenvalue weighted by Gasteiger charge is 2.29. The number of carbonyl (C=O) groups is 1. The van der Waals surface area contributed by atoms with Gasteiger partial charge in [-0.25, -0.2) is 0 Å². The number of aliphatic hydroxyl groups excluding tert-OH is 1. The smallest absolute Gasteiger partial charge is 0.199 e. The minimum absolute atomic E-state index is 0.0712. The summed E-state index contributed by atoms with van der Waals surface area (Å²) >= 11 is 0. The zero-order valence-electron chi connectivity index (χ0n) is 7.66. The second-order valence-electron chi connectivity index (χ2n) is 3.22. The molecule has 14 heavy (non-hydrogen) atoms. The van der Waals surface area contributed by atoms with E-state index in [-0.39, 0.29) is 22.8 Å². The number of nitrogens with one attached hydrogen (secondary N) is 1. The van der Waals surface area contributed by atoms with Crippen LogP contribution in [0.25, 0.3) is 5.76 Å². The lowest BCUT2D eigenvalue weighted by Gasteiger charge is -1.96. The van der Waals surface area contributed by atoms with E-state index in [0.717, 1.165) is 0 Å². The van der Waals surface area contributed by atoms with Gasteiger partial charge in [0, 0.05) is 16.8 Å². The van der Waals surface area contributed by atoms with Gasteiger partial charge in [-0.3, -0.25) is 4.79 Å². The summed E-state index contributed by atoms with van der Waals surface area (Å²) in [5.41, 5.74) is 1.22. The highest BCUT2D eigenvalue weighted by Crippen LogP contribution is 2.30. The molecule has 0 radical (unpaired) electrons. The number of aliphatic hydroxyl groups is 1. The number of benzene rings is 1. The summed E-state index contributed by atoms with van der Waals surface area (Å²) < 4.78 is 0. The Morgan fingerprint density at radius 1 is 1.29 bits per heavy atom. The van der Waals surface area contributed by atoms with Gasteiger partial charge in [0.05, 0.1) is 5.57 Å². The van der Waals surface area contributed by atoms with Crippen LogP contribution in [0.15, 0.2) is 29.8 Å². The van der Waals surface area contributed by atoms with Crippen LogP contribution in [0, 0.1) is 5.41 Å². The lowest BCUT2D eigenvalue weighted by Crippen LogP contribution is -2.05. The normalized spacial score (nSPS) is 14.5. The van der Waals surface area contributed by atoms with E-state index in [1.54, 1.807) is 24.3 Å². The summed E-state index contributed by atoms with van der Waals surface area (Å²) in [7, 11) is 0. The van der Waals surface area contributed by atoms with Crippen molar-refractivity contribution in [2.24, 2.45) is 0 Å². The van der Waals surface area contributed by atoms with E-state index >= 15 is 0 Å². The zero-order valence-corrected chi connectivity index (χ0v) is 7.66. The molecule has 1 aliphatic carbocycles. The van der Waals surface area contributed by atoms with E-state index in [0.29, 0.717) is 11.1 Å². The average molecular weight is 187 g/mol. The van der Waals surface area contributed by atoms with Crippen molar-refractivity contribution in [1.29, 1.82) is 5.41 Å². The molecule has 1 aromatic rings. The Labute approximate surface area is 81.2 Å². The van der Waals surface area contributed by atoms with E-state index in [9.17, 15) is 9.90 Å². The van der Waals surface area contributed by atoms with Crippen molar-refractivity contribution >= 4 is 17.3 Å². The van der Waals surface area contributed by atoms with Crippen LogP contribution in [-0.4, -0.2) is 16.6 Å². The van der Waals surface area contributed by atoms with Crippen molar-refractivity contribution in [3.8, 4) is 0 Å². The first-order chi connectivity index (χ1) is 6.63. The van der Waals surface area contributed by atoms with Crippen molar-refractivity contribution in [2.45, 2.75) is 6.92 Å². The fraction of sp³-hybridized carbons (Fsp3) is 0.0909. The van der Waals surface area contributed by atoms with E-state index in [1.807, 2.05) is 0 Å². The molecule has 0 saturated heterocycles. The molecule has 70 valence electrons. The Morgan fingerprint density at radius 3 is 2.36 bits per heavy atom. The van der Waals surface area contributed by atoms with Gasteiger partial charge in [0.2, 0.25) is 0 Å². The minimum atomic E-state index is -0.259. The number of Topliss-reactive ketones (excluding diaryl/α,β-unsaturated/α-hetero) is 1. The summed E-state index contributed by atoms with van der Waals surface area (Å²) in [6.07, 6.45) is 0. The Hall–Kier alpha value is -1.90. The third-order valence-electron chi connectivity index (χ3n) is 2.27. The third-order valence-corrected chi connectivity index (χ3v) is 2.27. The van der Waals surface area contributed by atoms with Gasteiger partial charge in [-0.1, -0.05) is 24.3 Å². The maximum absolute atomic E-state index is 11.7. The molecule has 0 amide bonds. The van der Waals surface area contributed by atoms with E-state index < -0.39 is 0 Å². The number of allylic oxidation sites excluding steroid dienone is 1. The topological polar surface area (TPSA) is 61.1 Å². The number of carbonyl (C=O) groups excluding carboxylic acids is 1. The Morgan fingerprint density at radius 2 is 1.86 bits per heavy atom. The lowest BCUT2D eigenvalue weighted by molar-refractivity contribution is 0.104. The van der Waals surface area contributed by atoms with Crippen LogP contribution < -0.4 is 0 Å². The lowest BCUT2D eigenvalue weighted by atomic mass is 10.1. The zero-order chi connectivity index (χ0) is 10.3. The molecular formula is C11H9NO2. The van der Waals surface area contributed by atoms with Crippen molar-refractivity contribution in [3.05, 3.63) is 41.0 Å². The van der Waals surface area contributed by atoms with Crippen LogP contribution >= 0.6 is 0 Å². The van der Waals surface area contributed by atoms with Crippen LogP contribution in [0.3, 0.4) is 0 Å². The largest absolute Gasteiger partial charge is 0.506 e. The van der Waals surface area contributed by atoms with Crippen LogP contribution in [0.2, 0.25) is 0 Å². The average Bonchev–Trinajstić information content (AvgIpc) is 2.41. The highest BCUT2D eigenvalue weighted by molar-refractivity contribution is 6.34. The van der Waals surface area contributed by atoms with Gasteiger partial charge in [-0.05, 0) is 6.92 Å². The van der Waals surface area contributed by atoms with Gasteiger partial charge >= 0.3 is 0 Å². The summed E-state index contributed by atoms with van der Waals surface area (Å²) in [6, 6.07) is 6.83. The van der Waals surface area contributed by atoms with E-state index in [4.69, 9.17) is 5.41 Å². The van der Waals surface area contributed by atoms with Gasteiger partial charge in [0.1, 0.15) is 5.76 Å². The Bertz CT molecular complexity index is 472. The van der Waals surface area contributed by atoms with Crippen LogP contribution in [0.1, 0.15) is 22.8 Å². The number of rotatable bonds is 1. The molecule has 2 N–H and O–H groups in total. The molecule has 0 atom stereocenters. The molecule has 3 nitrogen and oxygen atoms in total. The van der Waals surface area contributed by atoms with Crippen molar-refractivity contribution in [3.63, 3.8) is 0 Å². The first kappa shape index (κ1) is 8.69. The minimum Gasteiger partial charge on any atom is -0.506 e. The van der Waals surface area contributed by atoms with Crippen molar-refractivity contribution in [2.75, 3.05) is 0 Å². The number of hydrogen-bond donors (Lipinski definition) is 2. The second kappa shape index (κ2) is 2.80. The van der Waals surface area contributed by atoms with E-state index in [2.05, 4.69) is 0 Å². The molecule has 0 aliphatic heterocycles. The molecule has 0 aromatic heterocycles. The molecule has 1 aromatic carbocycles. The molecule has 0 unspecified atom stereocenters. The molecule has 0 heterocycles. The standard InChI is InChI=1S/C11H9NO2/c1-6(12)9-10(13)7-4-2-3-5-8(7)11(9)14/h2-5,12-13H,1H3. The molecule has 2 rings (SSSR count). The fourth-order valence-corrected chi connectivity index (χ4v) is 1.61. The SMILES string of the molecule is CC(=N)C1=C(O)c2ccccc2C1=O. The van der Waals surface area contributed by atoms with Gasteiger partial charge in [-0.15, -0.1) is 0 Å². The molecule has 0 saturated carbocycles. The first-order valence-electron chi connectivity index (χ1n) is 4.26. The molecule has 0 spiro atoms. The summed E-state index contributed by atoms with van der Waals surface area (Å²) in [6.45, 7) is 1.50. The van der Waals surface area contributed by atoms with Crippen molar-refractivity contribution < 1.29 is 9.90 Å². The van der Waals surface area contributed by atoms with Crippen LogP contribution in [0.5, 0.6) is 0 Å². The summed E-state index contributed by atoms with van der Waals surface area (Å²) in [4.78, 5) is 11.7. The first-order valence-corrected chi connectivity index (χ1v) is 4.26. The maximum Gasteiger partial charge on any atom is 0.199 e. The van der Waals surface area contributed by atoms with Gasteiger partial charge < -0.3 is 10.5 Å². The van der Waals surface area contributed by atoms with Crippen LogP contribution in [0.4, 0.5) is 0 Å². The predicted molar refractivity (Wildman–Crippen MR) is 53.7 cm³/mol. The van der Waals surface area contributed by atoms with Crippen LogP contribution in [-0.2, 0) is 0 Å². The number of hydrogen-bond acceptors (Lipinski definition) is 3. The summed E-state index contributed by atoms with van der Waals surface area (Å²) in [5.74, 6) is -0.330. The molecule has 0 bridgehead atoms. The van der Waals surface area contributed by atoms with E-state index in [1.165, 1.54) is 6.92 Å². The fourth-order valence-electron chi connectivity index (χ4n) is 1.61. The van der Waals surface area contributed by atoms with Gasteiger partial charge in [-0.2, -0.15) is 0 Å². The third kappa shape index (κ3) is 0.988. The highest BCUT2D eigenvalue weighted by atomic mass is 16.3. The number of fused-ring (bicyclic) bond motifs is 1. The maximum atomic E-state index is 11.7. The monoisotopic (exact) mass is 187 g/mol. The molecule has 3 heteroatoms. The number of ketones is 1. The van der Waals surface area contributed by atoms with Gasteiger partial charge in [0.25, 0.3) is 0 Å². The van der Waals surface area contributed by atoms with Crippen molar-refractivity contribution in [1.82, 2.24) is 0 Å². The quantitative estimate of drug-likeness (QED) is 0.662. The predicted octanol–water partition coefficient (Wildman–Crippen LogP) is 2.19. The summed E-state index contributed by atoms with van der Waals surface area (Å²) in [5, 5.41) is 17.1. The Balaban J connectivity index is 2.69. The molecule has 0 fully saturated rings. The Kier molecular flexibility index (Phi) is 1.74.